The van der Waals surface area contributed by atoms with Crippen LogP contribution in [0, 0.1) is 0 Å². The first-order valence-electron chi connectivity index (χ1n) is 2.19. The Labute approximate surface area is 57.9 Å². The molecule has 0 aromatic rings. The zero-order chi connectivity index (χ0) is 5.54. The van der Waals surface area contributed by atoms with Gasteiger partial charge in [-0.05, 0) is 13.1 Å². The molecular weight excluding hydrogens is 203 g/mol. The molecule has 0 fully saturated rings. The maximum absolute atomic E-state index is 3.97. The maximum atomic E-state index is 3.97. The summed E-state index contributed by atoms with van der Waals surface area (Å²) in [7, 11) is 0. The summed E-state index contributed by atoms with van der Waals surface area (Å²) in [6.07, 6.45) is 1.81. The SMILES string of the molecule is C/C=N\CCNI. The molecular formula is C4H9IN2. The average molecular weight is 212 g/mol. The van der Waals surface area contributed by atoms with Crippen molar-refractivity contribution < 1.29 is 0 Å². The monoisotopic (exact) mass is 212 g/mol. The van der Waals surface area contributed by atoms with Crippen molar-refractivity contribution in [1.82, 2.24) is 3.53 Å². The lowest BCUT2D eigenvalue weighted by Crippen LogP contribution is -2.02. The highest BCUT2D eigenvalue weighted by Gasteiger charge is 1.72. The van der Waals surface area contributed by atoms with Gasteiger partial charge in [0, 0.05) is 29.4 Å². The van der Waals surface area contributed by atoms with E-state index < -0.39 is 0 Å². The van der Waals surface area contributed by atoms with Gasteiger partial charge in [-0.1, -0.05) is 0 Å². The fourth-order valence-electron chi connectivity index (χ4n) is 0.236. The van der Waals surface area contributed by atoms with Crippen molar-refractivity contribution in [3.05, 3.63) is 0 Å². The van der Waals surface area contributed by atoms with E-state index in [0.717, 1.165) is 13.1 Å². The predicted molar refractivity (Wildman–Crippen MR) is 41.1 cm³/mol. The van der Waals surface area contributed by atoms with Crippen molar-refractivity contribution in [3.63, 3.8) is 0 Å². The lowest BCUT2D eigenvalue weighted by molar-refractivity contribution is 0.944. The largest absolute Gasteiger partial charge is 0.296 e. The maximum Gasteiger partial charge on any atom is 0.0518 e. The Morgan fingerprint density at radius 3 is 3.00 bits per heavy atom. The van der Waals surface area contributed by atoms with E-state index >= 15 is 0 Å². The minimum absolute atomic E-state index is 0.888. The summed E-state index contributed by atoms with van der Waals surface area (Å²) in [5.74, 6) is 0. The zero-order valence-corrected chi connectivity index (χ0v) is 6.47. The van der Waals surface area contributed by atoms with Crippen LogP contribution in [-0.4, -0.2) is 19.3 Å². The number of rotatable bonds is 3. The summed E-state index contributed by atoms with van der Waals surface area (Å²) in [5.41, 5.74) is 0. The number of nitrogens with one attached hydrogen (secondary N) is 1. The summed E-state index contributed by atoms with van der Waals surface area (Å²) in [6.45, 7) is 3.78. The third kappa shape index (κ3) is 6.36. The standard InChI is InChI=1S/C4H9IN2/c1-2-6-3-4-7-5/h2,7H,3-4H2,1H3/b6-2-. The molecule has 0 bridgehead atoms. The first kappa shape index (κ1) is 7.36. The molecule has 0 unspecified atom stereocenters. The molecule has 0 aliphatic heterocycles. The van der Waals surface area contributed by atoms with Gasteiger partial charge >= 0.3 is 0 Å². The van der Waals surface area contributed by atoms with E-state index in [0.29, 0.717) is 0 Å². The molecule has 0 aromatic heterocycles. The molecule has 0 spiro atoms. The molecule has 0 saturated carbocycles. The molecule has 3 heteroatoms. The van der Waals surface area contributed by atoms with Gasteiger partial charge in [0.1, 0.15) is 0 Å². The van der Waals surface area contributed by atoms with E-state index in [1.54, 1.807) is 0 Å². The van der Waals surface area contributed by atoms with Crippen LogP contribution in [0.1, 0.15) is 6.92 Å². The first-order valence-corrected chi connectivity index (χ1v) is 3.27. The lowest BCUT2D eigenvalue weighted by atomic mass is 10.7. The molecule has 0 aliphatic rings. The number of halogens is 1. The molecule has 0 radical (unpaired) electrons. The van der Waals surface area contributed by atoms with Gasteiger partial charge < -0.3 is 0 Å². The van der Waals surface area contributed by atoms with Gasteiger partial charge in [0.25, 0.3) is 0 Å². The molecule has 0 rings (SSSR count). The van der Waals surface area contributed by atoms with E-state index in [1.807, 2.05) is 13.1 Å². The van der Waals surface area contributed by atoms with Crippen LogP contribution in [0.5, 0.6) is 0 Å². The minimum Gasteiger partial charge on any atom is -0.296 e. The van der Waals surface area contributed by atoms with Crippen LogP contribution in [0.3, 0.4) is 0 Å². The van der Waals surface area contributed by atoms with Crippen LogP contribution in [-0.2, 0) is 0 Å². The number of hydrogen-bond donors (Lipinski definition) is 1. The smallest absolute Gasteiger partial charge is 0.0518 e. The van der Waals surface area contributed by atoms with Crippen LogP contribution in [0.15, 0.2) is 4.99 Å². The molecule has 0 saturated heterocycles. The van der Waals surface area contributed by atoms with Crippen molar-refractivity contribution >= 4 is 29.1 Å². The fraction of sp³-hybridized carbons (Fsp3) is 0.750. The summed E-state index contributed by atoms with van der Waals surface area (Å²) in [5, 5.41) is 0. The molecule has 0 aromatic carbocycles. The first-order chi connectivity index (χ1) is 3.41. The second-order valence-electron chi connectivity index (χ2n) is 1.05. The Bertz CT molecular complexity index is 53.7. The molecule has 7 heavy (non-hydrogen) atoms. The number of aliphatic imine (C=N–C) groups is 1. The van der Waals surface area contributed by atoms with Crippen LogP contribution in [0.4, 0.5) is 0 Å². The van der Waals surface area contributed by atoms with Crippen LogP contribution in [0.25, 0.3) is 0 Å². The van der Waals surface area contributed by atoms with Crippen LogP contribution >= 0.6 is 22.9 Å². The highest BCUT2D eigenvalue weighted by atomic mass is 127. The summed E-state index contributed by atoms with van der Waals surface area (Å²) in [6, 6.07) is 0. The van der Waals surface area contributed by atoms with Crippen molar-refractivity contribution in [2.45, 2.75) is 6.92 Å². The molecule has 2 nitrogen and oxygen atoms in total. The van der Waals surface area contributed by atoms with E-state index in [9.17, 15) is 0 Å². The van der Waals surface area contributed by atoms with Gasteiger partial charge in [-0.15, -0.1) is 0 Å². The van der Waals surface area contributed by atoms with Gasteiger partial charge in [-0.2, -0.15) is 0 Å². The molecule has 0 aliphatic carbocycles. The van der Waals surface area contributed by atoms with Gasteiger partial charge in [0.05, 0.1) is 6.54 Å². The third-order valence-electron chi connectivity index (χ3n) is 0.518. The lowest BCUT2D eigenvalue weighted by Gasteiger charge is -1.86. The average Bonchev–Trinajstić information content (AvgIpc) is 1.69. The second kappa shape index (κ2) is 6.36. The van der Waals surface area contributed by atoms with Crippen molar-refractivity contribution in [1.29, 1.82) is 0 Å². The number of hydrogen-bond acceptors (Lipinski definition) is 2. The second-order valence-corrected chi connectivity index (χ2v) is 1.81. The Morgan fingerprint density at radius 1 is 1.86 bits per heavy atom. The van der Waals surface area contributed by atoms with E-state index in [4.69, 9.17) is 0 Å². The predicted octanol–water partition coefficient (Wildman–Crippen LogP) is 1.02. The van der Waals surface area contributed by atoms with Crippen molar-refractivity contribution in [3.8, 4) is 0 Å². The van der Waals surface area contributed by atoms with E-state index in [2.05, 4.69) is 31.4 Å². The fourth-order valence-corrected chi connectivity index (χ4v) is 0.477. The zero-order valence-electron chi connectivity index (χ0n) is 4.32. The van der Waals surface area contributed by atoms with E-state index in [1.165, 1.54) is 0 Å². The summed E-state index contributed by atoms with van der Waals surface area (Å²) >= 11 is 2.10. The Hall–Kier alpha value is 0.360. The Morgan fingerprint density at radius 2 is 2.57 bits per heavy atom. The summed E-state index contributed by atoms with van der Waals surface area (Å²) in [4.78, 5) is 3.97. The van der Waals surface area contributed by atoms with E-state index in [-0.39, 0.29) is 0 Å². The quantitative estimate of drug-likeness (QED) is 0.321. The highest BCUT2D eigenvalue weighted by molar-refractivity contribution is 14.1. The Kier molecular flexibility index (Phi) is 6.69. The summed E-state index contributed by atoms with van der Waals surface area (Å²) < 4.78 is 2.96. The molecule has 0 atom stereocenters. The van der Waals surface area contributed by atoms with Gasteiger partial charge in [-0.25, -0.2) is 0 Å². The molecule has 42 valence electrons. The Balaban J connectivity index is 2.69. The molecule has 0 heterocycles. The van der Waals surface area contributed by atoms with Gasteiger partial charge in [0.2, 0.25) is 0 Å². The minimum atomic E-state index is 0.888. The molecule has 0 amide bonds. The molecule has 1 N–H and O–H groups in total. The number of nitrogens with zero attached hydrogens (tertiary/aromatic N) is 1. The topological polar surface area (TPSA) is 24.4 Å². The third-order valence-corrected chi connectivity index (χ3v) is 1.06. The van der Waals surface area contributed by atoms with Crippen molar-refractivity contribution in [2.75, 3.05) is 13.1 Å². The van der Waals surface area contributed by atoms with Gasteiger partial charge in [-0.3, -0.25) is 8.52 Å². The van der Waals surface area contributed by atoms with Crippen LogP contribution in [0.2, 0.25) is 0 Å². The van der Waals surface area contributed by atoms with Gasteiger partial charge in [0.15, 0.2) is 0 Å². The van der Waals surface area contributed by atoms with Crippen molar-refractivity contribution in [2.24, 2.45) is 4.99 Å². The highest BCUT2D eigenvalue weighted by Crippen LogP contribution is 1.69. The normalized spacial score (nSPS) is 10.6. The van der Waals surface area contributed by atoms with Crippen LogP contribution < -0.4 is 3.53 Å².